The monoisotopic (exact) mass is 146 g/mol. The Hall–Kier alpha value is -0.500. The van der Waals surface area contributed by atoms with Gasteiger partial charge in [0.05, 0.1) is 5.69 Å². The predicted molar refractivity (Wildman–Crippen MR) is 40.0 cm³/mol. The fourth-order valence-corrected chi connectivity index (χ4v) is 0.656. The molecule has 0 saturated carbocycles. The second kappa shape index (κ2) is 3.51. The zero-order valence-electron chi connectivity index (χ0n) is 5.64. The van der Waals surface area contributed by atoms with E-state index in [0.29, 0.717) is 0 Å². The lowest BCUT2D eigenvalue weighted by Gasteiger charge is -1.77. The van der Waals surface area contributed by atoms with Crippen LogP contribution >= 0.6 is 12.4 Å². The Labute approximate surface area is 61.1 Å². The normalized spacial score (nSPS) is 8.67. The van der Waals surface area contributed by atoms with E-state index in [4.69, 9.17) is 0 Å². The topological polar surface area (TPSA) is 28.7 Å². The molecule has 0 aliphatic rings. The van der Waals surface area contributed by atoms with Crippen molar-refractivity contribution >= 4 is 12.4 Å². The van der Waals surface area contributed by atoms with Gasteiger partial charge in [-0.15, -0.1) is 12.4 Å². The van der Waals surface area contributed by atoms with Gasteiger partial charge in [0.1, 0.15) is 0 Å². The molecule has 0 aliphatic carbocycles. The van der Waals surface area contributed by atoms with Gasteiger partial charge in [0.25, 0.3) is 0 Å². The second-order valence-corrected chi connectivity index (χ2v) is 1.90. The Bertz CT molecular complexity index is 171. The molecule has 0 atom stereocenters. The lowest BCUT2D eigenvalue weighted by molar-refractivity contribution is 0.962. The van der Waals surface area contributed by atoms with Gasteiger partial charge in [-0.3, -0.25) is 5.10 Å². The summed E-state index contributed by atoms with van der Waals surface area (Å²) in [5, 5.41) is 6.88. The highest BCUT2D eigenvalue weighted by atomic mass is 35.5. The lowest BCUT2D eigenvalue weighted by Crippen LogP contribution is -1.76. The Balaban J connectivity index is 0.000000640. The Kier molecular flexibility index (Phi) is 3.32. The molecule has 9 heavy (non-hydrogen) atoms. The quantitative estimate of drug-likeness (QED) is 0.642. The fourth-order valence-electron chi connectivity index (χ4n) is 0.656. The highest BCUT2D eigenvalue weighted by Crippen LogP contribution is 1.96. The minimum atomic E-state index is 0. The molecule has 0 saturated heterocycles. The second-order valence-electron chi connectivity index (χ2n) is 1.90. The molecule has 1 rings (SSSR count). The highest BCUT2D eigenvalue weighted by molar-refractivity contribution is 5.85. The zero-order valence-corrected chi connectivity index (χ0v) is 6.46. The largest absolute Gasteiger partial charge is 0.283 e. The van der Waals surface area contributed by atoms with Crippen LogP contribution in [0.1, 0.15) is 18.3 Å². The minimum absolute atomic E-state index is 0. The van der Waals surface area contributed by atoms with Gasteiger partial charge in [-0.25, -0.2) is 0 Å². The average Bonchev–Trinajstić information content (AvgIpc) is 2.14. The maximum Gasteiger partial charge on any atom is 0.0622 e. The van der Waals surface area contributed by atoms with E-state index < -0.39 is 0 Å². The first-order valence-corrected chi connectivity index (χ1v) is 2.84. The van der Waals surface area contributed by atoms with Crippen molar-refractivity contribution in [3.05, 3.63) is 17.5 Å². The van der Waals surface area contributed by atoms with Crippen molar-refractivity contribution in [1.29, 1.82) is 0 Å². The number of hydrogen-bond donors (Lipinski definition) is 1. The summed E-state index contributed by atoms with van der Waals surface area (Å²) in [6, 6.07) is 2.06. The summed E-state index contributed by atoms with van der Waals surface area (Å²) in [5.74, 6) is 0. The van der Waals surface area contributed by atoms with Crippen LogP contribution in [0.15, 0.2) is 6.07 Å². The van der Waals surface area contributed by atoms with E-state index >= 15 is 0 Å². The van der Waals surface area contributed by atoms with Crippen LogP contribution < -0.4 is 0 Å². The molecule has 0 aliphatic heterocycles. The van der Waals surface area contributed by atoms with Crippen LogP contribution in [-0.2, 0) is 6.42 Å². The van der Waals surface area contributed by atoms with Gasteiger partial charge in [0.15, 0.2) is 0 Å². The SMILES string of the molecule is CCc1cc(C)[nH]n1.Cl. The van der Waals surface area contributed by atoms with Crippen molar-refractivity contribution in [2.24, 2.45) is 0 Å². The predicted octanol–water partition coefficient (Wildman–Crippen LogP) is 1.70. The summed E-state index contributed by atoms with van der Waals surface area (Å²) < 4.78 is 0. The fraction of sp³-hybridized carbons (Fsp3) is 0.500. The smallest absolute Gasteiger partial charge is 0.0622 e. The number of rotatable bonds is 1. The summed E-state index contributed by atoms with van der Waals surface area (Å²) in [7, 11) is 0. The molecular formula is C6H11ClN2. The Morgan fingerprint density at radius 3 is 2.56 bits per heavy atom. The molecule has 0 bridgehead atoms. The summed E-state index contributed by atoms with van der Waals surface area (Å²) in [5.41, 5.74) is 2.28. The van der Waals surface area contributed by atoms with Gasteiger partial charge < -0.3 is 0 Å². The third-order valence-corrected chi connectivity index (χ3v) is 1.12. The molecule has 0 spiro atoms. The molecule has 1 aromatic rings. The number of aromatic nitrogens is 2. The van der Waals surface area contributed by atoms with Crippen LogP contribution in [-0.4, -0.2) is 10.2 Å². The van der Waals surface area contributed by atoms with Crippen LogP contribution in [0.5, 0.6) is 0 Å². The van der Waals surface area contributed by atoms with Gasteiger partial charge in [-0.1, -0.05) is 6.92 Å². The van der Waals surface area contributed by atoms with Crippen molar-refractivity contribution in [2.75, 3.05) is 0 Å². The molecule has 52 valence electrons. The van der Waals surface area contributed by atoms with Gasteiger partial charge in [-0.2, -0.15) is 5.10 Å². The van der Waals surface area contributed by atoms with E-state index in [1.807, 2.05) is 6.92 Å². The van der Waals surface area contributed by atoms with Crippen molar-refractivity contribution in [1.82, 2.24) is 10.2 Å². The number of aromatic amines is 1. The van der Waals surface area contributed by atoms with Gasteiger partial charge in [-0.05, 0) is 19.4 Å². The van der Waals surface area contributed by atoms with E-state index in [1.54, 1.807) is 0 Å². The van der Waals surface area contributed by atoms with Crippen LogP contribution in [0, 0.1) is 6.92 Å². The third kappa shape index (κ3) is 2.06. The molecule has 0 aromatic carbocycles. The molecule has 2 nitrogen and oxygen atoms in total. The maximum absolute atomic E-state index is 4.01. The molecular weight excluding hydrogens is 136 g/mol. The summed E-state index contributed by atoms with van der Waals surface area (Å²) in [6.45, 7) is 4.10. The molecule has 0 radical (unpaired) electrons. The molecule has 0 fully saturated rings. The first-order valence-electron chi connectivity index (χ1n) is 2.84. The molecule has 1 N–H and O–H groups in total. The number of aryl methyl sites for hydroxylation is 2. The highest BCUT2D eigenvalue weighted by Gasteiger charge is 1.90. The molecule has 1 aromatic heterocycles. The summed E-state index contributed by atoms with van der Waals surface area (Å²) in [6.07, 6.45) is 1.02. The van der Waals surface area contributed by atoms with Gasteiger partial charge >= 0.3 is 0 Å². The molecule has 3 heteroatoms. The Morgan fingerprint density at radius 2 is 2.33 bits per heavy atom. The molecule has 1 heterocycles. The maximum atomic E-state index is 4.01. The number of nitrogens with one attached hydrogen (secondary N) is 1. The molecule has 0 unspecified atom stereocenters. The van der Waals surface area contributed by atoms with Crippen molar-refractivity contribution in [3.8, 4) is 0 Å². The van der Waals surface area contributed by atoms with E-state index in [-0.39, 0.29) is 12.4 Å². The van der Waals surface area contributed by atoms with E-state index in [1.165, 1.54) is 0 Å². The van der Waals surface area contributed by atoms with E-state index in [0.717, 1.165) is 17.8 Å². The van der Waals surface area contributed by atoms with Crippen LogP contribution in [0.4, 0.5) is 0 Å². The third-order valence-electron chi connectivity index (χ3n) is 1.12. The van der Waals surface area contributed by atoms with Crippen LogP contribution in [0.3, 0.4) is 0 Å². The minimum Gasteiger partial charge on any atom is -0.283 e. The standard InChI is InChI=1S/C6H10N2.ClH/c1-3-6-4-5(2)7-8-6;/h4H,3H2,1-2H3,(H,7,8);1H. The Morgan fingerprint density at radius 1 is 1.67 bits per heavy atom. The zero-order chi connectivity index (χ0) is 5.98. The van der Waals surface area contributed by atoms with Crippen molar-refractivity contribution in [3.63, 3.8) is 0 Å². The number of hydrogen-bond acceptors (Lipinski definition) is 1. The summed E-state index contributed by atoms with van der Waals surface area (Å²) in [4.78, 5) is 0. The van der Waals surface area contributed by atoms with Crippen molar-refractivity contribution < 1.29 is 0 Å². The van der Waals surface area contributed by atoms with E-state index in [9.17, 15) is 0 Å². The first kappa shape index (κ1) is 8.50. The van der Waals surface area contributed by atoms with E-state index in [2.05, 4.69) is 23.2 Å². The van der Waals surface area contributed by atoms with Crippen LogP contribution in [0.25, 0.3) is 0 Å². The van der Waals surface area contributed by atoms with Gasteiger partial charge in [0.2, 0.25) is 0 Å². The molecule has 0 amide bonds. The lowest BCUT2D eigenvalue weighted by atomic mass is 10.3. The number of halogens is 1. The number of H-pyrrole nitrogens is 1. The summed E-state index contributed by atoms with van der Waals surface area (Å²) >= 11 is 0. The van der Waals surface area contributed by atoms with Crippen LogP contribution in [0.2, 0.25) is 0 Å². The number of nitrogens with zero attached hydrogens (tertiary/aromatic N) is 1. The first-order chi connectivity index (χ1) is 3.83. The van der Waals surface area contributed by atoms with Crippen molar-refractivity contribution in [2.45, 2.75) is 20.3 Å². The van der Waals surface area contributed by atoms with Gasteiger partial charge in [0, 0.05) is 5.69 Å². The average molecular weight is 147 g/mol.